The predicted octanol–water partition coefficient (Wildman–Crippen LogP) is 4.15. The van der Waals surface area contributed by atoms with Gasteiger partial charge in [0.05, 0.1) is 10.9 Å². The molecule has 0 saturated carbocycles. The number of carbonyl (C=O) groups is 1. The van der Waals surface area contributed by atoms with Crippen LogP contribution in [-0.2, 0) is 14.8 Å². The number of rotatable bonds is 8. The summed E-state index contributed by atoms with van der Waals surface area (Å²) < 4.78 is 38.9. The Morgan fingerprint density at radius 2 is 1.65 bits per heavy atom. The Balaban J connectivity index is 1.41. The Morgan fingerprint density at radius 1 is 1.00 bits per heavy atom. The van der Waals surface area contributed by atoms with Crippen LogP contribution in [0.2, 0.25) is 0 Å². The van der Waals surface area contributed by atoms with E-state index in [1.54, 1.807) is 12.1 Å². The van der Waals surface area contributed by atoms with Gasteiger partial charge in [-0.1, -0.05) is 57.0 Å². The molecular formula is C26H34N2O5S. The van der Waals surface area contributed by atoms with Crippen molar-refractivity contribution in [3.05, 3.63) is 54.1 Å². The van der Waals surface area contributed by atoms with Crippen molar-refractivity contribution >= 4 is 15.9 Å². The average molecular weight is 487 g/mol. The van der Waals surface area contributed by atoms with Crippen LogP contribution in [0.5, 0.6) is 11.5 Å². The summed E-state index contributed by atoms with van der Waals surface area (Å²) in [4.78, 5) is 13.4. The number of hydrogen-bond acceptors (Lipinski definition) is 5. The fourth-order valence-electron chi connectivity index (χ4n) is 4.86. The van der Waals surface area contributed by atoms with E-state index in [0.717, 1.165) is 18.4 Å². The first-order valence-electron chi connectivity index (χ1n) is 12.2. The first-order valence-corrected chi connectivity index (χ1v) is 13.6. The van der Waals surface area contributed by atoms with Crippen LogP contribution in [0.25, 0.3) is 0 Å². The summed E-state index contributed by atoms with van der Waals surface area (Å²) in [6.07, 6.45) is 2.95. The highest BCUT2D eigenvalue weighted by Crippen LogP contribution is 2.34. The van der Waals surface area contributed by atoms with E-state index in [4.69, 9.17) is 9.47 Å². The van der Waals surface area contributed by atoms with Gasteiger partial charge in [0.25, 0.3) is 0 Å². The first kappa shape index (κ1) is 24.5. The molecule has 0 aliphatic carbocycles. The van der Waals surface area contributed by atoms with Crippen molar-refractivity contribution in [2.45, 2.75) is 50.5 Å². The summed E-state index contributed by atoms with van der Waals surface area (Å²) in [5.41, 5.74) is 1.11. The lowest BCUT2D eigenvalue weighted by molar-refractivity contribution is -0.127. The molecule has 2 aliphatic rings. The zero-order valence-electron chi connectivity index (χ0n) is 19.9. The van der Waals surface area contributed by atoms with Gasteiger partial charge in [0, 0.05) is 25.1 Å². The largest absolute Gasteiger partial charge is 0.486 e. The molecule has 1 N–H and O–H groups in total. The van der Waals surface area contributed by atoms with E-state index >= 15 is 0 Å². The standard InChI is InChI=1S/C26H34N2O5S/c1-3-19(4-2)25(20-8-6-5-7-9-20)27-26(29)21-12-14-28(15-13-21)34(30,31)22-10-11-23-24(18-22)33-17-16-32-23/h5-11,18-19,21,25H,3-4,12-17H2,1-2H3,(H,27,29). The predicted molar refractivity (Wildman–Crippen MR) is 130 cm³/mol. The van der Waals surface area contributed by atoms with Crippen molar-refractivity contribution in [3.8, 4) is 11.5 Å². The Morgan fingerprint density at radius 3 is 2.29 bits per heavy atom. The molecule has 8 heteroatoms. The van der Waals surface area contributed by atoms with Gasteiger partial charge in [0.1, 0.15) is 13.2 Å². The van der Waals surface area contributed by atoms with Crippen LogP contribution in [0, 0.1) is 11.8 Å². The van der Waals surface area contributed by atoms with Gasteiger partial charge in [-0.15, -0.1) is 0 Å². The zero-order chi connectivity index (χ0) is 24.1. The molecule has 1 fully saturated rings. The van der Waals surface area contributed by atoms with Crippen molar-refractivity contribution in [2.75, 3.05) is 26.3 Å². The van der Waals surface area contributed by atoms with E-state index < -0.39 is 10.0 Å². The molecule has 7 nitrogen and oxygen atoms in total. The van der Waals surface area contributed by atoms with E-state index in [9.17, 15) is 13.2 Å². The van der Waals surface area contributed by atoms with Crippen molar-refractivity contribution < 1.29 is 22.7 Å². The van der Waals surface area contributed by atoms with Crippen LogP contribution in [0.15, 0.2) is 53.4 Å². The topological polar surface area (TPSA) is 84.9 Å². The molecular weight excluding hydrogens is 452 g/mol. The van der Waals surface area contributed by atoms with E-state index in [0.29, 0.717) is 56.6 Å². The number of sulfonamides is 1. The number of ether oxygens (including phenoxy) is 2. The van der Waals surface area contributed by atoms with E-state index in [-0.39, 0.29) is 22.8 Å². The minimum Gasteiger partial charge on any atom is -0.486 e. The van der Waals surface area contributed by atoms with Gasteiger partial charge < -0.3 is 14.8 Å². The number of amides is 1. The first-order chi connectivity index (χ1) is 16.4. The molecule has 0 spiro atoms. The van der Waals surface area contributed by atoms with Crippen LogP contribution in [-0.4, -0.2) is 44.9 Å². The molecule has 0 aromatic heterocycles. The third-order valence-corrected chi connectivity index (χ3v) is 8.85. The minimum absolute atomic E-state index is 0.0112. The number of nitrogens with zero attached hydrogens (tertiary/aromatic N) is 1. The van der Waals surface area contributed by atoms with Crippen LogP contribution in [0.3, 0.4) is 0 Å². The summed E-state index contributed by atoms with van der Waals surface area (Å²) in [6, 6.07) is 14.8. The van der Waals surface area contributed by atoms with Crippen molar-refractivity contribution in [3.63, 3.8) is 0 Å². The molecule has 0 radical (unpaired) electrons. The van der Waals surface area contributed by atoms with Crippen molar-refractivity contribution in [1.29, 1.82) is 0 Å². The normalized spacial score (nSPS) is 18.0. The molecule has 184 valence electrons. The zero-order valence-corrected chi connectivity index (χ0v) is 20.7. The van der Waals surface area contributed by atoms with Gasteiger partial charge in [0.2, 0.25) is 15.9 Å². The van der Waals surface area contributed by atoms with Crippen molar-refractivity contribution in [1.82, 2.24) is 9.62 Å². The summed E-state index contributed by atoms with van der Waals surface area (Å²) in [7, 11) is -3.67. The molecule has 1 amide bonds. The highest BCUT2D eigenvalue weighted by molar-refractivity contribution is 7.89. The molecule has 2 heterocycles. The molecule has 1 unspecified atom stereocenters. The summed E-state index contributed by atoms with van der Waals surface area (Å²) in [5, 5.41) is 3.29. The average Bonchev–Trinajstić information content (AvgIpc) is 2.89. The molecule has 2 aromatic carbocycles. The summed E-state index contributed by atoms with van der Waals surface area (Å²) in [6.45, 7) is 5.79. The lowest BCUT2D eigenvalue weighted by atomic mass is 9.87. The summed E-state index contributed by atoms with van der Waals surface area (Å²) in [5.74, 6) is 1.17. The second-order valence-corrected chi connectivity index (χ2v) is 10.9. The summed E-state index contributed by atoms with van der Waals surface area (Å²) >= 11 is 0. The van der Waals surface area contributed by atoms with Crippen molar-refractivity contribution in [2.24, 2.45) is 11.8 Å². The second-order valence-electron chi connectivity index (χ2n) is 8.96. The number of nitrogens with one attached hydrogen (secondary N) is 1. The van der Waals surface area contributed by atoms with Crippen LogP contribution in [0.4, 0.5) is 0 Å². The fraction of sp³-hybridized carbons (Fsp3) is 0.500. The molecule has 4 rings (SSSR count). The molecule has 34 heavy (non-hydrogen) atoms. The second kappa shape index (κ2) is 10.8. The third kappa shape index (κ3) is 5.23. The van der Waals surface area contributed by atoms with E-state index in [1.807, 2.05) is 18.2 Å². The molecule has 0 bridgehead atoms. The maximum atomic E-state index is 13.2. The Hall–Kier alpha value is -2.58. The van der Waals surface area contributed by atoms with Gasteiger partial charge >= 0.3 is 0 Å². The highest BCUT2D eigenvalue weighted by atomic mass is 32.2. The Labute approximate surface area is 202 Å². The Bertz CT molecular complexity index is 1080. The minimum atomic E-state index is -3.67. The van der Waals surface area contributed by atoms with Crippen LogP contribution < -0.4 is 14.8 Å². The number of carbonyl (C=O) groups excluding carboxylic acids is 1. The molecule has 2 aliphatic heterocycles. The van der Waals surface area contributed by atoms with Gasteiger partial charge in [0.15, 0.2) is 11.5 Å². The molecule has 2 aromatic rings. The van der Waals surface area contributed by atoms with Gasteiger partial charge in [-0.2, -0.15) is 4.31 Å². The maximum absolute atomic E-state index is 13.2. The van der Waals surface area contributed by atoms with Crippen LogP contribution in [0.1, 0.15) is 51.1 Å². The van der Waals surface area contributed by atoms with Gasteiger partial charge in [-0.3, -0.25) is 4.79 Å². The van der Waals surface area contributed by atoms with Crippen LogP contribution >= 0.6 is 0 Å². The number of fused-ring (bicyclic) bond motifs is 1. The fourth-order valence-corrected chi connectivity index (χ4v) is 6.34. The van der Waals surface area contributed by atoms with E-state index in [2.05, 4.69) is 31.3 Å². The highest BCUT2D eigenvalue weighted by Gasteiger charge is 2.34. The Kier molecular flexibility index (Phi) is 7.78. The van der Waals surface area contributed by atoms with Gasteiger partial charge in [-0.05, 0) is 36.5 Å². The lowest BCUT2D eigenvalue weighted by Crippen LogP contribution is -2.44. The number of benzene rings is 2. The van der Waals surface area contributed by atoms with Gasteiger partial charge in [-0.25, -0.2) is 8.42 Å². The quantitative estimate of drug-likeness (QED) is 0.606. The third-order valence-electron chi connectivity index (χ3n) is 6.95. The molecule has 1 atom stereocenters. The van der Waals surface area contributed by atoms with E-state index in [1.165, 1.54) is 10.4 Å². The smallest absolute Gasteiger partial charge is 0.243 e. The number of piperidine rings is 1. The lowest BCUT2D eigenvalue weighted by Gasteiger charge is -2.33. The number of hydrogen-bond donors (Lipinski definition) is 1. The maximum Gasteiger partial charge on any atom is 0.243 e. The SMILES string of the molecule is CCC(CC)C(NC(=O)C1CCN(S(=O)(=O)c2ccc3c(c2)OCCO3)CC1)c1ccccc1. The molecule has 1 saturated heterocycles. The monoisotopic (exact) mass is 486 g/mol.